The summed E-state index contributed by atoms with van der Waals surface area (Å²) >= 11 is 1.45. The van der Waals surface area contributed by atoms with Gasteiger partial charge in [0.25, 0.3) is 5.91 Å². The number of tetrazole rings is 1. The molecule has 0 radical (unpaired) electrons. The van der Waals surface area contributed by atoms with Crippen LogP contribution in [0.15, 0.2) is 59.3 Å². The second kappa shape index (κ2) is 7.01. The Hall–Kier alpha value is -3.13. The molecule has 0 saturated carbocycles. The number of nitrogens with one attached hydrogen (secondary N) is 1. The molecule has 0 bridgehead atoms. The molecule has 0 saturated heterocycles. The SMILES string of the molecule is CSc1nnnn1-c1cccc(NC(=O)C2=Cc3ccccc3OC2)c1. The summed E-state index contributed by atoms with van der Waals surface area (Å²) in [6, 6.07) is 15.0. The number of benzene rings is 2. The Morgan fingerprint density at radius 1 is 1.23 bits per heavy atom. The third kappa shape index (κ3) is 3.18. The fraction of sp³-hybridized carbons (Fsp3) is 0.111. The molecule has 4 rings (SSSR count). The fourth-order valence-electron chi connectivity index (χ4n) is 2.64. The summed E-state index contributed by atoms with van der Waals surface area (Å²) in [7, 11) is 0. The normalized spacial score (nSPS) is 12.7. The van der Waals surface area contributed by atoms with Crippen LogP contribution in [0.25, 0.3) is 11.8 Å². The van der Waals surface area contributed by atoms with Crippen molar-refractivity contribution in [1.29, 1.82) is 0 Å². The number of amides is 1. The van der Waals surface area contributed by atoms with Gasteiger partial charge < -0.3 is 10.1 Å². The molecule has 0 spiro atoms. The number of nitrogens with zero attached hydrogens (tertiary/aromatic N) is 4. The highest BCUT2D eigenvalue weighted by atomic mass is 32.2. The largest absolute Gasteiger partial charge is 0.488 e. The van der Waals surface area contributed by atoms with E-state index in [0.717, 1.165) is 17.0 Å². The molecule has 0 aliphatic carbocycles. The molecule has 2 aromatic carbocycles. The molecule has 1 N–H and O–H groups in total. The maximum atomic E-state index is 12.6. The number of rotatable bonds is 4. The van der Waals surface area contributed by atoms with Crippen LogP contribution >= 0.6 is 11.8 Å². The van der Waals surface area contributed by atoms with Crippen LogP contribution in [0.3, 0.4) is 0 Å². The van der Waals surface area contributed by atoms with Gasteiger partial charge in [0, 0.05) is 11.3 Å². The van der Waals surface area contributed by atoms with Crippen LogP contribution in [0.2, 0.25) is 0 Å². The molecule has 0 unspecified atom stereocenters. The molecule has 1 amide bonds. The minimum Gasteiger partial charge on any atom is -0.488 e. The molecule has 1 aliphatic rings. The Balaban J connectivity index is 1.56. The second-order valence-electron chi connectivity index (χ2n) is 5.58. The number of para-hydroxylation sites is 1. The molecule has 1 aliphatic heterocycles. The van der Waals surface area contributed by atoms with E-state index in [9.17, 15) is 4.79 Å². The van der Waals surface area contributed by atoms with Gasteiger partial charge in [-0.3, -0.25) is 4.79 Å². The zero-order valence-corrected chi connectivity index (χ0v) is 14.7. The summed E-state index contributed by atoms with van der Waals surface area (Å²) in [5.74, 6) is 0.591. The zero-order valence-electron chi connectivity index (χ0n) is 13.9. The van der Waals surface area contributed by atoms with E-state index in [1.807, 2.05) is 60.9 Å². The highest BCUT2D eigenvalue weighted by molar-refractivity contribution is 7.98. The highest BCUT2D eigenvalue weighted by Gasteiger charge is 2.17. The van der Waals surface area contributed by atoms with Crippen LogP contribution < -0.4 is 10.1 Å². The predicted molar refractivity (Wildman–Crippen MR) is 99.5 cm³/mol. The number of ether oxygens (including phenoxy) is 1. The van der Waals surface area contributed by atoms with Crippen molar-refractivity contribution in [1.82, 2.24) is 20.2 Å². The lowest BCUT2D eigenvalue weighted by molar-refractivity contribution is -0.113. The van der Waals surface area contributed by atoms with Crippen molar-refractivity contribution in [2.24, 2.45) is 0 Å². The third-order valence-corrected chi connectivity index (χ3v) is 4.52. The molecular formula is C18H15N5O2S. The Bertz CT molecular complexity index is 999. The van der Waals surface area contributed by atoms with E-state index in [1.54, 1.807) is 4.68 Å². The van der Waals surface area contributed by atoms with Crippen molar-refractivity contribution >= 4 is 29.4 Å². The van der Waals surface area contributed by atoms with Gasteiger partial charge in [-0.25, -0.2) is 0 Å². The average molecular weight is 365 g/mol. The minimum atomic E-state index is -0.196. The summed E-state index contributed by atoms with van der Waals surface area (Å²) < 4.78 is 7.27. The van der Waals surface area contributed by atoms with Crippen molar-refractivity contribution in [3.05, 3.63) is 59.7 Å². The fourth-order valence-corrected chi connectivity index (χ4v) is 3.08. The number of thioether (sulfide) groups is 1. The van der Waals surface area contributed by atoms with Gasteiger partial charge in [0.05, 0.1) is 11.3 Å². The Morgan fingerprint density at radius 2 is 2.12 bits per heavy atom. The van der Waals surface area contributed by atoms with Gasteiger partial charge in [0.15, 0.2) is 0 Å². The van der Waals surface area contributed by atoms with Crippen LogP contribution in [0.4, 0.5) is 5.69 Å². The van der Waals surface area contributed by atoms with Crippen LogP contribution in [0.5, 0.6) is 5.75 Å². The maximum absolute atomic E-state index is 12.6. The number of aromatic nitrogens is 4. The molecule has 8 heteroatoms. The lowest BCUT2D eigenvalue weighted by Gasteiger charge is -2.17. The molecule has 7 nitrogen and oxygen atoms in total. The first-order chi connectivity index (χ1) is 12.7. The van der Waals surface area contributed by atoms with Crippen molar-refractivity contribution in [2.75, 3.05) is 18.2 Å². The van der Waals surface area contributed by atoms with Crippen LogP contribution in [-0.2, 0) is 4.79 Å². The first kappa shape index (κ1) is 16.3. The van der Waals surface area contributed by atoms with Gasteiger partial charge >= 0.3 is 0 Å². The number of hydrogen-bond donors (Lipinski definition) is 1. The molecule has 26 heavy (non-hydrogen) atoms. The lowest BCUT2D eigenvalue weighted by atomic mass is 10.1. The van der Waals surface area contributed by atoms with Crippen LogP contribution in [0, 0.1) is 0 Å². The minimum absolute atomic E-state index is 0.196. The predicted octanol–water partition coefficient (Wildman–Crippen LogP) is 2.80. The quantitative estimate of drug-likeness (QED) is 0.716. The van der Waals surface area contributed by atoms with Crippen molar-refractivity contribution < 1.29 is 9.53 Å². The molecule has 0 atom stereocenters. The molecule has 130 valence electrons. The summed E-state index contributed by atoms with van der Waals surface area (Å²) in [6.45, 7) is 0.242. The van der Waals surface area contributed by atoms with E-state index in [0.29, 0.717) is 16.4 Å². The van der Waals surface area contributed by atoms with E-state index in [2.05, 4.69) is 20.8 Å². The summed E-state index contributed by atoms with van der Waals surface area (Å²) in [6.07, 6.45) is 3.76. The van der Waals surface area contributed by atoms with Gasteiger partial charge in [0.1, 0.15) is 12.4 Å². The monoisotopic (exact) mass is 365 g/mol. The van der Waals surface area contributed by atoms with Crippen LogP contribution in [-0.4, -0.2) is 39.0 Å². The standard InChI is InChI=1S/C18H15N5O2S/c1-26-18-20-21-22-23(18)15-7-4-6-14(10-15)19-17(24)13-9-12-5-2-3-8-16(12)25-11-13/h2-10H,11H2,1H3,(H,19,24). The summed E-state index contributed by atoms with van der Waals surface area (Å²) in [5, 5.41) is 15.2. The van der Waals surface area contributed by atoms with Gasteiger partial charge in [-0.05, 0) is 47.0 Å². The Morgan fingerprint density at radius 3 is 3.00 bits per heavy atom. The van der Waals surface area contributed by atoms with E-state index in [4.69, 9.17) is 4.74 Å². The molecule has 3 aromatic rings. The number of fused-ring (bicyclic) bond motifs is 1. The number of hydrogen-bond acceptors (Lipinski definition) is 6. The van der Waals surface area contributed by atoms with E-state index in [1.165, 1.54) is 11.8 Å². The van der Waals surface area contributed by atoms with Crippen molar-refractivity contribution in [3.8, 4) is 11.4 Å². The van der Waals surface area contributed by atoms with E-state index in [-0.39, 0.29) is 12.5 Å². The highest BCUT2D eigenvalue weighted by Crippen LogP contribution is 2.26. The summed E-state index contributed by atoms with van der Waals surface area (Å²) in [4.78, 5) is 12.6. The lowest BCUT2D eigenvalue weighted by Crippen LogP contribution is -2.21. The Kier molecular flexibility index (Phi) is 4.40. The zero-order chi connectivity index (χ0) is 17.9. The van der Waals surface area contributed by atoms with Gasteiger partial charge in [0.2, 0.25) is 5.16 Å². The number of carbonyl (C=O) groups is 1. The Labute approximate surface area is 154 Å². The number of carbonyl (C=O) groups excluding carboxylic acids is 1. The molecular weight excluding hydrogens is 350 g/mol. The van der Waals surface area contributed by atoms with E-state index < -0.39 is 0 Å². The maximum Gasteiger partial charge on any atom is 0.255 e. The van der Waals surface area contributed by atoms with E-state index >= 15 is 0 Å². The second-order valence-corrected chi connectivity index (χ2v) is 6.35. The average Bonchev–Trinajstić information content (AvgIpc) is 3.16. The molecule has 1 aromatic heterocycles. The van der Waals surface area contributed by atoms with Gasteiger partial charge in [-0.1, -0.05) is 36.0 Å². The van der Waals surface area contributed by atoms with Crippen molar-refractivity contribution in [2.45, 2.75) is 5.16 Å². The number of anilines is 1. The van der Waals surface area contributed by atoms with Gasteiger partial charge in [-0.2, -0.15) is 4.68 Å². The third-order valence-electron chi connectivity index (χ3n) is 3.90. The smallest absolute Gasteiger partial charge is 0.255 e. The topological polar surface area (TPSA) is 81.9 Å². The molecule has 2 heterocycles. The molecule has 0 fully saturated rings. The first-order valence-electron chi connectivity index (χ1n) is 7.91. The first-order valence-corrected chi connectivity index (χ1v) is 9.13. The van der Waals surface area contributed by atoms with Crippen LogP contribution in [0.1, 0.15) is 5.56 Å². The van der Waals surface area contributed by atoms with Crippen molar-refractivity contribution in [3.63, 3.8) is 0 Å². The summed E-state index contributed by atoms with van der Waals surface area (Å²) in [5.41, 5.74) is 2.91. The van der Waals surface area contributed by atoms with Gasteiger partial charge in [-0.15, -0.1) is 5.10 Å².